The third-order valence-corrected chi connectivity index (χ3v) is 4.90. The molecule has 0 aliphatic heterocycles. The molecule has 6 nitrogen and oxygen atoms in total. The van der Waals surface area contributed by atoms with E-state index in [2.05, 4.69) is 0 Å². The number of rotatable bonds is 5. The highest BCUT2D eigenvalue weighted by Gasteiger charge is 2.36. The lowest BCUT2D eigenvalue weighted by Crippen LogP contribution is -2.51. The van der Waals surface area contributed by atoms with Gasteiger partial charge in [-0.3, -0.25) is 4.79 Å². The molecular formula is C15H21NO5S. The minimum atomic E-state index is -3.45. The molecule has 0 spiro atoms. The van der Waals surface area contributed by atoms with Gasteiger partial charge in [0.15, 0.2) is 9.84 Å². The number of carbonyl (C=O) groups excluding carboxylic acids is 1. The lowest BCUT2D eigenvalue weighted by atomic mass is 9.99. The summed E-state index contributed by atoms with van der Waals surface area (Å²) in [7, 11) is -2.06. The Bertz CT molecular complexity index is 707. The Morgan fingerprint density at radius 1 is 1.27 bits per heavy atom. The summed E-state index contributed by atoms with van der Waals surface area (Å²) in [5, 5.41) is 9.23. The zero-order valence-electron chi connectivity index (χ0n) is 13.4. The van der Waals surface area contributed by atoms with Crippen LogP contribution in [0.1, 0.15) is 36.7 Å². The van der Waals surface area contributed by atoms with Crippen LogP contribution >= 0.6 is 0 Å². The molecule has 0 aliphatic rings. The fourth-order valence-corrected chi connectivity index (χ4v) is 2.52. The van der Waals surface area contributed by atoms with E-state index in [1.807, 2.05) is 6.92 Å². The molecule has 1 N–H and O–H groups in total. The van der Waals surface area contributed by atoms with Crippen LogP contribution in [-0.2, 0) is 21.1 Å². The number of likely N-dealkylation sites (N-methyl/N-ethyl adjacent to an activating group) is 1. The van der Waals surface area contributed by atoms with Crippen LogP contribution in [0.3, 0.4) is 0 Å². The highest BCUT2D eigenvalue weighted by molar-refractivity contribution is 7.90. The van der Waals surface area contributed by atoms with Gasteiger partial charge in [-0.15, -0.1) is 0 Å². The number of nitrogens with zero attached hydrogens (tertiary/aromatic N) is 1. The van der Waals surface area contributed by atoms with Gasteiger partial charge >= 0.3 is 5.97 Å². The first-order valence-electron chi connectivity index (χ1n) is 6.77. The van der Waals surface area contributed by atoms with E-state index in [1.54, 1.807) is 6.07 Å². The first-order chi connectivity index (χ1) is 9.92. The molecule has 1 aromatic carbocycles. The maximum absolute atomic E-state index is 12.6. The van der Waals surface area contributed by atoms with Gasteiger partial charge in [0.05, 0.1) is 4.90 Å². The molecule has 0 fully saturated rings. The van der Waals surface area contributed by atoms with Crippen molar-refractivity contribution in [1.29, 1.82) is 0 Å². The molecule has 0 aromatic heterocycles. The summed E-state index contributed by atoms with van der Waals surface area (Å²) in [6, 6.07) is 4.35. The van der Waals surface area contributed by atoms with E-state index in [-0.39, 0.29) is 10.5 Å². The van der Waals surface area contributed by atoms with Gasteiger partial charge in [-0.05, 0) is 38.0 Å². The Kier molecular flexibility index (Phi) is 5.02. The van der Waals surface area contributed by atoms with Crippen molar-refractivity contribution in [3.05, 3.63) is 29.3 Å². The number of hydrogen-bond donors (Lipinski definition) is 1. The van der Waals surface area contributed by atoms with Crippen molar-refractivity contribution >= 4 is 21.7 Å². The molecule has 0 saturated carbocycles. The van der Waals surface area contributed by atoms with Gasteiger partial charge in [-0.1, -0.05) is 13.0 Å². The van der Waals surface area contributed by atoms with Gasteiger partial charge in [0.2, 0.25) is 0 Å². The van der Waals surface area contributed by atoms with Crippen LogP contribution in [0, 0.1) is 0 Å². The smallest absolute Gasteiger partial charge is 0.329 e. The summed E-state index contributed by atoms with van der Waals surface area (Å²) in [4.78, 5) is 25.1. The highest BCUT2D eigenvalue weighted by Crippen LogP contribution is 2.22. The number of aryl methyl sites for hydroxylation is 1. The van der Waals surface area contributed by atoms with Crippen LogP contribution in [0.25, 0.3) is 0 Å². The lowest BCUT2D eigenvalue weighted by Gasteiger charge is -2.32. The number of hydrogen-bond acceptors (Lipinski definition) is 4. The molecule has 1 rings (SSSR count). The second-order valence-electron chi connectivity index (χ2n) is 5.67. The zero-order chi connectivity index (χ0) is 17.3. The molecule has 0 radical (unpaired) electrons. The summed E-state index contributed by atoms with van der Waals surface area (Å²) in [5.41, 5.74) is -0.517. The average Bonchev–Trinajstić information content (AvgIpc) is 2.43. The Balaban J connectivity index is 3.41. The monoisotopic (exact) mass is 327 g/mol. The van der Waals surface area contributed by atoms with Crippen LogP contribution in [0.15, 0.2) is 23.1 Å². The van der Waals surface area contributed by atoms with Crippen molar-refractivity contribution in [3.63, 3.8) is 0 Å². The molecule has 0 bridgehead atoms. The number of aliphatic carboxylic acids is 1. The van der Waals surface area contributed by atoms with Crippen LogP contribution in [0.5, 0.6) is 0 Å². The minimum absolute atomic E-state index is 0.0366. The number of carbonyl (C=O) groups is 2. The molecule has 0 unspecified atom stereocenters. The van der Waals surface area contributed by atoms with Gasteiger partial charge in [0, 0.05) is 18.9 Å². The Labute approximate surface area is 130 Å². The number of sulfone groups is 1. The SMILES string of the molecule is CCc1ccc(S(C)(=O)=O)cc1C(=O)N(C)C(C)(C)C(=O)O. The molecule has 1 aromatic rings. The van der Waals surface area contributed by atoms with Crippen molar-refractivity contribution in [3.8, 4) is 0 Å². The third-order valence-electron chi connectivity index (χ3n) is 3.79. The van der Waals surface area contributed by atoms with E-state index in [9.17, 15) is 23.1 Å². The van der Waals surface area contributed by atoms with Crippen molar-refractivity contribution in [2.45, 2.75) is 37.6 Å². The Morgan fingerprint density at radius 2 is 1.82 bits per heavy atom. The molecule has 22 heavy (non-hydrogen) atoms. The Morgan fingerprint density at radius 3 is 2.23 bits per heavy atom. The average molecular weight is 327 g/mol. The van der Waals surface area contributed by atoms with E-state index in [0.717, 1.165) is 11.2 Å². The van der Waals surface area contributed by atoms with E-state index in [1.165, 1.54) is 33.0 Å². The minimum Gasteiger partial charge on any atom is -0.480 e. The molecular weight excluding hydrogens is 306 g/mol. The second-order valence-corrected chi connectivity index (χ2v) is 7.69. The predicted octanol–water partition coefficient (Wildman–Crippen LogP) is 1.59. The van der Waals surface area contributed by atoms with E-state index in [0.29, 0.717) is 12.0 Å². The maximum atomic E-state index is 12.6. The van der Waals surface area contributed by atoms with Crippen molar-refractivity contribution < 1.29 is 23.1 Å². The standard InChI is InChI=1S/C15H21NO5S/c1-6-10-7-8-11(22(5,20)21)9-12(10)13(17)16(4)15(2,3)14(18)19/h7-9H,6H2,1-5H3,(H,18,19). The second kappa shape index (κ2) is 6.08. The van der Waals surface area contributed by atoms with Crippen LogP contribution in [-0.4, -0.2) is 49.1 Å². The van der Waals surface area contributed by atoms with Gasteiger partial charge < -0.3 is 10.0 Å². The maximum Gasteiger partial charge on any atom is 0.329 e. The third kappa shape index (κ3) is 3.47. The van der Waals surface area contributed by atoms with Crippen molar-refractivity contribution in [1.82, 2.24) is 4.90 Å². The van der Waals surface area contributed by atoms with Gasteiger partial charge in [-0.2, -0.15) is 0 Å². The molecule has 0 atom stereocenters. The fourth-order valence-electron chi connectivity index (χ4n) is 1.87. The fraction of sp³-hybridized carbons (Fsp3) is 0.467. The van der Waals surface area contributed by atoms with Crippen LogP contribution in [0.4, 0.5) is 0 Å². The summed E-state index contributed by atoms with van der Waals surface area (Å²) in [6.07, 6.45) is 1.60. The predicted molar refractivity (Wildman–Crippen MR) is 82.7 cm³/mol. The summed E-state index contributed by atoms with van der Waals surface area (Å²) in [5.74, 6) is -1.66. The summed E-state index contributed by atoms with van der Waals surface area (Å²) < 4.78 is 23.3. The Hall–Kier alpha value is -1.89. The molecule has 0 heterocycles. The number of carboxylic acid groups (broad SMARTS) is 1. The van der Waals surface area contributed by atoms with E-state index < -0.39 is 27.3 Å². The van der Waals surface area contributed by atoms with Crippen molar-refractivity contribution in [2.24, 2.45) is 0 Å². The first kappa shape index (κ1) is 18.2. The lowest BCUT2D eigenvalue weighted by molar-refractivity contribution is -0.147. The van der Waals surface area contributed by atoms with E-state index in [4.69, 9.17) is 0 Å². The molecule has 0 saturated heterocycles. The van der Waals surface area contributed by atoms with Crippen LogP contribution < -0.4 is 0 Å². The van der Waals surface area contributed by atoms with Gasteiger partial charge in [0.1, 0.15) is 5.54 Å². The van der Waals surface area contributed by atoms with Gasteiger partial charge in [0.25, 0.3) is 5.91 Å². The molecule has 1 amide bonds. The highest BCUT2D eigenvalue weighted by atomic mass is 32.2. The zero-order valence-corrected chi connectivity index (χ0v) is 14.2. The quantitative estimate of drug-likeness (QED) is 0.886. The molecule has 0 aliphatic carbocycles. The van der Waals surface area contributed by atoms with Gasteiger partial charge in [-0.25, -0.2) is 13.2 Å². The first-order valence-corrected chi connectivity index (χ1v) is 8.66. The molecule has 122 valence electrons. The number of benzene rings is 1. The van der Waals surface area contributed by atoms with Crippen LogP contribution in [0.2, 0.25) is 0 Å². The number of carboxylic acids is 1. The number of amides is 1. The summed E-state index contributed by atoms with van der Waals surface area (Å²) >= 11 is 0. The largest absolute Gasteiger partial charge is 0.480 e. The topological polar surface area (TPSA) is 91.8 Å². The normalized spacial score (nSPS) is 12.0. The summed E-state index contributed by atoms with van der Waals surface area (Å²) in [6.45, 7) is 4.67. The van der Waals surface area contributed by atoms with Crippen molar-refractivity contribution in [2.75, 3.05) is 13.3 Å². The van der Waals surface area contributed by atoms with E-state index >= 15 is 0 Å². The molecule has 7 heteroatoms.